The Balaban J connectivity index is 1.62. The van der Waals surface area contributed by atoms with Crippen LogP contribution in [0.15, 0.2) is 48.0 Å². The number of carbonyl (C=O) groups is 1. The number of aromatic nitrogens is 2. The predicted molar refractivity (Wildman–Crippen MR) is 105 cm³/mol. The second-order valence-electron chi connectivity index (χ2n) is 6.29. The molecule has 5 nitrogen and oxygen atoms in total. The van der Waals surface area contributed by atoms with Crippen molar-refractivity contribution >= 4 is 22.4 Å². The Bertz CT molecular complexity index is 891. The van der Waals surface area contributed by atoms with Gasteiger partial charge in [0.15, 0.2) is 11.7 Å². The number of anilines is 1. The molecule has 1 N–H and O–H groups in total. The molecule has 3 rings (SSSR count). The topological polar surface area (TPSA) is 64.1 Å². The van der Waals surface area contributed by atoms with Crippen molar-refractivity contribution in [1.82, 2.24) is 9.97 Å². The fourth-order valence-electron chi connectivity index (χ4n) is 2.51. The highest BCUT2D eigenvalue weighted by Gasteiger charge is 2.12. The maximum Gasteiger partial charge on any atom is 0.264 e. The molecule has 0 saturated carbocycles. The Morgan fingerprint density at radius 3 is 2.81 bits per heavy atom. The fourth-order valence-corrected chi connectivity index (χ4v) is 3.23. The first-order valence-electron chi connectivity index (χ1n) is 8.43. The summed E-state index contributed by atoms with van der Waals surface area (Å²) < 4.78 is 5.76. The van der Waals surface area contributed by atoms with E-state index in [1.165, 1.54) is 11.3 Å². The molecule has 2 aromatic heterocycles. The number of ether oxygens (including phenoxy) is 1. The summed E-state index contributed by atoms with van der Waals surface area (Å²) in [4.78, 5) is 20.9. The summed E-state index contributed by atoms with van der Waals surface area (Å²) in [6.45, 7) is 6.16. The van der Waals surface area contributed by atoms with Gasteiger partial charge in [0.2, 0.25) is 0 Å². The average Bonchev–Trinajstić information content (AvgIpc) is 3.09. The van der Waals surface area contributed by atoms with Gasteiger partial charge in [-0.05, 0) is 42.2 Å². The fraction of sp³-hybridized carbons (Fsp3) is 0.250. The van der Waals surface area contributed by atoms with Crippen molar-refractivity contribution in [3.05, 3.63) is 59.1 Å². The van der Waals surface area contributed by atoms with Crippen molar-refractivity contribution in [2.45, 2.75) is 26.7 Å². The zero-order valence-electron chi connectivity index (χ0n) is 15.0. The van der Waals surface area contributed by atoms with E-state index in [4.69, 9.17) is 4.74 Å². The van der Waals surface area contributed by atoms with E-state index in [2.05, 4.69) is 35.2 Å². The molecule has 134 valence electrons. The molecule has 1 amide bonds. The van der Waals surface area contributed by atoms with Crippen LogP contribution in [0.4, 0.5) is 5.13 Å². The molecule has 0 spiro atoms. The second kappa shape index (κ2) is 8.10. The highest BCUT2D eigenvalue weighted by atomic mass is 32.1. The van der Waals surface area contributed by atoms with Gasteiger partial charge in [-0.3, -0.25) is 15.1 Å². The maximum atomic E-state index is 12.2. The van der Waals surface area contributed by atoms with E-state index < -0.39 is 0 Å². The summed E-state index contributed by atoms with van der Waals surface area (Å²) in [6, 6.07) is 11.7. The molecule has 0 radical (unpaired) electrons. The first-order valence-corrected chi connectivity index (χ1v) is 9.31. The van der Waals surface area contributed by atoms with Crippen LogP contribution in [0.2, 0.25) is 0 Å². The number of hydrogen-bond acceptors (Lipinski definition) is 5. The Morgan fingerprint density at radius 2 is 2.08 bits per heavy atom. The first kappa shape index (κ1) is 18.1. The number of rotatable bonds is 6. The molecule has 6 heteroatoms. The standard InChI is InChI=1S/C20H21N3O2S/c1-13(2)15-8-7-14(3)10-18(15)25-11-19(24)23-20-22-17(12-26-20)16-6-4-5-9-21-16/h4-10,12-13H,11H2,1-3H3,(H,22,23,24). The number of benzene rings is 1. The summed E-state index contributed by atoms with van der Waals surface area (Å²) >= 11 is 1.37. The van der Waals surface area contributed by atoms with E-state index in [0.29, 0.717) is 11.0 Å². The molecule has 0 aliphatic carbocycles. The minimum absolute atomic E-state index is 0.0539. The molecule has 0 saturated heterocycles. The van der Waals surface area contributed by atoms with Gasteiger partial charge in [0.1, 0.15) is 11.4 Å². The summed E-state index contributed by atoms with van der Waals surface area (Å²) in [5, 5.41) is 5.19. The van der Waals surface area contributed by atoms with Crippen LogP contribution in [0.25, 0.3) is 11.4 Å². The lowest BCUT2D eigenvalue weighted by Crippen LogP contribution is -2.20. The van der Waals surface area contributed by atoms with Gasteiger partial charge < -0.3 is 4.74 Å². The lowest BCUT2D eigenvalue weighted by molar-refractivity contribution is -0.118. The number of pyridine rings is 1. The Labute approximate surface area is 157 Å². The van der Waals surface area contributed by atoms with Crippen molar-refractivity contribution in [3.63, 3.8) is 0 Å². The molecule has 0 aliphatic heterocycles. The predicted octanol–water partition coefficient (Wildman–Crippen LogP) is 4.65. The van der Waals surface area contributed by atoms with Gasteiger partial charge in [-0.15, -0.1) is 11.3 Å². The van der Waals surface area contributed by atoms with Crippen LogP contribution < -0.4 is 10.1 Å². The number of carbonyl (C=O) groups excluding carboxylic acids is 1. The summed E-state index contributed by atoms with van der Waals surface area (Å²) in [7, 11) is 0. The highest BCUT2D eigenvalue weighted by molar-refractivity contribution is 7.14. The highest BCUT2D eigenvalue weighted by Crippen LogP contribution is 2.27. The van der Waals surface area contributed by atoms with Crippen LogP contribution in [0.1, 0.15) is 30.9 Å². The smallest absolute Gasteiger partial charge is 0.264 e. The second-order valence-corrected chi connectivity index (χ2v) is 7.14. The van der Waals surface area contributed by atoms with Crippen LogP contribution in [-0.2, 0) is 4.79 Å². The molecule has 2 heterocycles. The zero-order chi connectivity index (χ0) is 18.5. The quantitative estimate of drug-likeness (QED) is 0.688. The van der Waals surface area contributed by atoms with Crippen molar-refractivity contribution < 1.29 is 9.53 Å². The molecule has 0 fully saturated rings. The molecule has 26 heavy (non-hydrogen) atoms. The number of nitrogens with zero attached hydrogens (tertiary/aromatic N) is 2. The number of amides is 1. The molecule has 0 unspecified atom stereocenters. The van der Waals surface area contributed by atoms with Crippen molar-refractivity contribution in [1.29, 1.82) is 0 Å². The van der Waals surface area contributed by atoms with Gasteiger partial charge in [0, 0.05) is 11.6 Å². The minimum Gasteiger partial charge on any atom is -0.483 e. The van der Waals surface area contributed by atoms with Crippen LogP contribution in [-0.4, -0.2) is 22.5 Å². The van der Waals surface area contributed by atoms with E-state index >= 15 is 0 Å². The third-order valence-electron chi connectivity index (χ3n) is 3.83. The van der Waals surface area contributed by atoms with Crippen LogP contribution in [0.5, 0.6) is 5.75 Å². The van der Waals surface area contributed by atoms with Gasteiger partial charge in [-0.1, -0.05) is 32.0 Å². The van der Waals surface area contributed by atoms with E-state index in [0.717, 1.165) is 28.3 Å². The summed E-state index contributed by atoms with van der Waals surface area (Å²) in [5.74, 6) is 0.847. The number of thiazole rings is 1. The Morgan fingerprint density at radius 1 is 1.23 bits per heavy atom. The van der Waals surface area contributed by atoms with Gasteiger partial charge >= 0.3 is 0 Å². The average molecular weight is 367 g/mol. The molecule has 0 bridgehead atoms. The van der Waals surface area contributed by atoms with Gasteiger partial charge in [0.25, 0.3) is 5.91 Å². The molecule has 0 aliphatic rings. The van der Waals surface area contributed by atoms with Crippen LogP contribution in [0.3, 0.4) is 0 Å². The SMILES string of the molecule is Cc1ccc(C(C)C)c(OCC(=O)Nc2nc(-c3ccccn3)cs2)c1. The third-order valence-corrected chi connectivity index (χ3v) is 4.59. The summed E-state index contributed by atoms with van der Waals surface area (Å²) in [5.41, 5.74) is 3.72. The molecule has 3 aromatic rings. The number of aryl methyl sites for hydroxylation is 1. The van der Waals surface area contributed by atoms with E-state index in [-0.39, 0.29) is 12.5 Å². The first-order chi connectivity index (χ1) is 12.5. The largest absolute Gasteiger partial charge is 0.483 e. The lowest BCUT2D eigenvalue weighted by atomic mass is 10.0. The van der Waals surface area contributed by atoms with E-state index in [1.807, 2.05) is 42.6 Å². The normalized spacial score (nSPS) is 10.8. The van der Waals surface area contributed by atoms with Crippen LogP contribution >= 0.6 is 11.3 Å². The number of nitrogens with one attached hydrogen (secondary N) is 1. The summed E-state index contributed by atoms with van der Waals surface area (Å²) in [6.07, 6.45) is 1.72. The van der Waals surface area contributed by atoms with E-state index in [9.17, 15) is 4.79 Å². The molecular weight excluding hydrogens is 346 g/mol. The zero-order valence-corrected chi connectivity index (χ0v) is 15.8. The monoisotopic (exact) mass is 367 g/mol. The van der Waals surface area contributed by atoms with Crippen LogP contribution in [0, 0.1) is 6.92 Å². The third kappa shape index (κ3) is 4.46. The van der Waals surface area contributed by atoms with Gasteiger partial charge in [-0.2, -0.15) is 0 Å². The molecule has 0 atom stereocenters. The van der Waals surface area contributed by atoms with Gasteiger partial charge in [0.05, 0.1) is 5.69 Å². The number of hydrogen-bond donors (Lipinski definition) is 1. The Hall–Kier alpha value is -2.73. The van der Waals surface area contributed by atoms with Gasteiger partial charge in [-0.25, -0.2) is 4.98 Å². The van der Waals surface area contributed by atoms with Crippen molar-refractivity contribution in [2.24, 2.45) is 0 Å². The van der Waals surface area contributed by atoms with E-state index in [1.54, 1.807) is 6.20 Å². The Kier molecular flexibility index (Phi) is 5.63. The van der Waals surface area contributed by atoms with Crippen molar-refractivity contribution in [3.8, 4) is 17.1 Å². The lowest BCUT2D eigenvalue weighted by Gasteiger charge is -2.14. The maximum absolute atomic E-state index is 12.2. The van der Waals surface area contributed by atoms with Crippen molar-refractivity contribution in [2.75, 3.05) is 11.9 Å². The molecule has 1 aromatic carbocycles. The minimum atomic E-state index is -0.233. The molecular formula is C20H21N3O2S.